The van der Waals surface area contributed by atoms with Crippen LogP contribution in [0.2, 0.25) is 0 Å². The molecule has 124 valence electrons. The Hall–Kier alpha value is -3.13. The van der Waals surface area contributed by atoms with E-state index in [0.717, 1.165) is 40.6 Å². The number of nitrogens with one attached hydrogen (secondary N) is 1. The Morgan fingerprint density at radius 1 is 1.28 bits per heavy atom. The third kappa shape index (κ3) is 2.47. The van der Waals surface area contributed by atoms with Crippen LogP contribution in [0.25, 0.3) is 21.4 Å². The third-order valence-electron chi connectivity index (χ3n) is 4.77. The number of benzene rings is 2. The van der Waals surface area contributed by atoms with Gasteiger partial charge in [-0.25, -0.2) is 9.64 Å². The van der Waals surface area contributed by atoms with Gasteiger partial charge in [0.05, 0.1) is 17.8 Å². The number of anilines is 1. The van der Waals surface area contributed by atoms with Crippen LogP contribution in [0.3, 0.4) is 0 Å². The van der Waals surface area contributed by atoms with Crippen molar-refractivity contribution < 1.29 is 0 Å². The Labute approximate surface area is 145 Å². The Balaban J connectivity index is 2.14. The summed E-state index contributed by atoms with van der Waals surface area (Å²) in [5.74, 6) is 0.942. The second kappa shape index (κ2) is 5.75. The first kappa shape index (κ1) is 15.4. The molecule has 0 atom stereocenters. The lowest BCUT2D eigenvalue weighted by Crippen LogP contribution is -2.23. The molecule has 5 heteroatoms. The van der Waals surface area contributed by atoms with Crippen LogP contribution in [0.15, 0.2) is 41.2 Å². The Bertz CT molecular complexity index is 1090. The molecule has 0 saturated heterocycles. The van der Waals surface area contributed by atoms with Gasteiger partial charge in [-0.2, -0.15) is 4.98 Å². The summed E-state index contributed by atoms with van der Waals surface area (Å²) in [6.45, 7) is 9.50. The van der Waals surface area contributed by atoms with Gasteiger partial charge in [0, 0.05) is 12.4 Å². The molecule has 0 unspecified atom stereocenters. The fraction of sp³-hybridized carbons (Fsp3) is 0.250. The fourth-order valence-corrected chi connectivity index (χ4v) is 3.33. The summed E-state index contributed by atoms with van der Waals surface area (Å²) < 4.78 is 1.66. The normalized spacial score (nSPS) is 13.6. The summed E-state index contributed by atoms with van der Waals surface area (Å²) in [7, 11) is 1.74. The van der Waals surface area contributed by atoms with Crippen LogP contribution in [0, 0.1) is 13.5 Å². The van der Waals surface area contributed by atoms with Crippen molar-refractivity contribution in [3.05, 3.63) is 69.4 Å². The van der Waals surface area contributed by atoms with Gasteiger partial charge >= 0.3 is 5.69 Å². The molecule has 3 aromatic rings. The molecule has 0 spiro atoms. The second-order valence-corrected chi connectivity index (χ2v) is 6.43. The number of rotatable bonds is 3. The zero-order chi connectivity index (χ0) is 17.6. The fourth-order valence-electron chi connectivity index (χ4n) is 3.33. The number of para-hydroxylation sites is 1. The summed E-state index contributed by atoms with van der Waals surface area (Å²) in [6.07, 6.45) is 2.21. The van der Waals surface area contributed by atoms with Crippen LogP contribution >= 0.6 is 0 Å². The SMILES string of the molecule is [C-]#[N+]c1cc2c(NC)nc(=O)n(-c3ccccc3C)c2cc1C1CC1. The average molecular weight is 330 g/mol. The maximum atomic E-state index is 12.8. The Kier molecular flexibility index (Phi) is 3.54. The molecule has 25 heavy (non-hydrogen) atoms. The van der Waals surface area contributed by atoms with Gasteiger partial charge in [-0.15, -0.1) is 0 Å². The van der Waals surface area contributed by atoms with Gasteiger partial charge in [-0.1, -0.05) is 18.2 Å². The summed E-state index contributed by atoms with van der Waals surface area (Å²) in [5, 5.41) is 3.78. The van der Waals surface area contributed by atoms with E-state index in [0.29, 0.717) is 17.4 Å². The third-order valence-corrected chi connectivity index (χ3v) is 4.77. The maximum absolute atomic E-state index is 12.8. The summed E-state index contributed by atoms with van der Waals surface area (Å²) in [6, 6.07) is 11.7. The van der Waals surface area contributed by atoms with E-state index in [9.17, 15) is 4.79 Å². The lowest BCUT2D eigenvalue weighted by atomic mass is 10.0. The summed E-state index contributed by atoms with van der Waals surface area (Å²) >= 11 is 0. The summed E-state index contributed by atoms with van der Waals surface area (Å²) in [4.78, 5) is 20.7. The minimum Gasteiger partial charge on any atom is -0.372 e. The van der Waals surface area contributed by atoms with Crippen molar-refractivity contribution in [3.63, 3.8) is 0 Å². The molecule has 1 heterocycles. The van der Waals surface area contributed by atoms with E-state index in [4.69, 9.17) is 6.57 Å². The number of hydrogen-bond donors (Lipinski definition) is 1. The summed E-state index contributed by atoms with van der Waals surface area (Å²) in [5.41, 5.74) is 4.01. The van der Waals surface area contributed by atoms with E-state index < -0.39 is 0 Å². The van der Waals surface area contributed by atoms with E-state index in [1.807, 2.05) is 43.3 Å². The number of fused-ring (bicyclic) bond motifs is 1. The molecule has 0 aliphatic heterocycles. The molecule has 1 aliphatic carbocycles. The smallest absolute Gasteiger partial charge is 0.354 e. The predicted molar refractivity (Wildman–Crippen MR) is 99.9 cm³/mol. The molecular formula is C20H18N4O. The van der Waals surface area contributed by atoms with Crippen LogP contribution in [0.1, 0.15) is 29.9 Å². The molecule has 0 bridgehead atoms. The molecule has 5 nitrogen and oxygen atoms in total. The van der Waals surface area contributed by atoms with E-state index in [1.54, 1.807) is 11.6 Å². The van der Waals surface area contributed by atoms with Crippen LogP contribution in [-0.4, -0.2) is 16.6 Å². The first-order chi connectivity index (χ1) is 12.1. The van der Waals surface area contributed by atoms with Crippen LogP contribution < -0.4 is 11.0 Å². The number of aryl methyl sites for hydroxylation is 1. The average Bonchev–Trinajstić information content (AvgIpc) is 3.46. The highest BCUT2D eigenvalue weighted by Gasteiger charge is 2.27. The van der Waals surface area contributed by atoms with Crippen LogP contribution in [0.5, 0.6) is 0 Å². The van der Waals surface area contributed by atoms with Crippen molar-refractivity contribution >= 4 is 22.4 Å². The van der Waals surface area contributed by atoms with Gasteiger partial charge in [0.25, 0.3) is 0 Å². The van der Waals surface area contributed by atoms with Crippen molar-refractivity contribution in [2.75, 3.05) is 12.4 Å². The molecular weight excluding hydrogens is 312 g/mol. The molecule has 0 amide bonds. The molecule has 1 aliphatic rings. The van der Waals surface area contributed by atoms with Gasteiger partial charge < -0.3 is 5.32 Å². The predicted octanol–water partition coefficient (Wildman–Crippen LogP) is 4.16. The van der Waals surface area contributed by atoms with E-state index >= 15 is 0 Å². The van der Waals surface area contributed by atoms with Crippen LogP contribution in [0.4, 0.5) is 11.5 Å². The van der Waals surface area contributed by atoms with Gasteiger partial charge in [0.15, 0.2) is 5.69 Å². The van der Waals surface area contributed by atoms with Gasteiger partial charge in [-0.3, -0.25) is 4.57 Å². The van der Waals surface area contributed by atoms with Crippen molar-refractivity contribution in [3.8, 4) is 5.69 Å². The standard InChI is InChI=1S/C20H18N4O/c1-12-6-4-5-7-17(12)24-18-11-14(13-8-9-13)16(21-2)10-15(18)19(22-3)23-20(24)25/h4-7,10-11,13H,8-9H2,1,3H3,(H,22,23,25). The van der Waals surface area contributed by atoms with Crippen molar-refractivity contribution in [2.45, 2.75) is 25.7 Å². The van der Waals surface area contributed by atoms with Crippen molar-refractivity contribution in [2.24, 2.45) is 0 Å². The lowest BCUT2D eigenvalue weighted by molar-refractivity contribution is 0.950. The topological polar surface area (TPSA) is 51.3 Å². The van der Waals surface area contributed by atoms with E-state index in [1.165, 1.54) is 0 Å². The molecule has 1 fully saturated rings. The van der Waals surface area contributed by atoms with Crippen LogP contribution in [-0.2, 0) is 0 Å². The molecule has 1 N–H and O–H groups in total. The zero-order valence-corrected chi connectivity index (χ0v) is 14.2. The minimum atomic E-state index is -0.316. The van der Waals surface area contributed by atoms with Gasteiger partial charge in [-0.05, 0) is 55.0 Å². The molecule has 2 aromatic carbocycles. The van der Waals surface area contributed by atoms with Gasteiger partial charge in [0.1, 0.15) is 5.82 Å². The molecule has 1 aromatic heterocycles. The molecule has 0 radical (unpaired) electrons. The van der Waals surface area contributed by atoms with E-state index in [2.05, 4.69) is 15.1 Å². The van der Waals surface area contributed by atoms with Gasteiger partial charge in [0.2, 0.25) is 0 Å². The minimum absolute atomic E-state index is 0.316. The monoisotopic (exact) mass is 330 g/mol. The quantitative estimate of drug-likeness (QED) is 0.734. The second-order valence-electron chi connectivity index (χ2n) is 6.43. The number of hydrogen-bond acceptors (Lipinski definition) is 3. The molecule has 1 saturated carbocycles. The Morgan fingerprint density at radius 2 is 2.04 bits per heavy atom. The number of aromatic nitrogens is 2. The van der Waals surface area contributed by atoms with Crippen molar-refractivity contribution in [1.29, 1.82) is 0 Å². The Morgan fingerprint density at radius 3 is 2.68 bits per heavy atom. The zero-order valence-electron chi connectivity index (χ0n) is 14.2. The number of nitrogens with zero attached hydrogens (tertiary/aromatic N) is 3. The first-order valence-corrected chi connectivity index (χ1v) is 8.36. The lowest BCUT2D eigenvalue weighted by Gasteiger charge is -2.16. The molecule has 4 rings (SSSR count). The first-order valence-electron chi connectivity index (χ1n) is 8.36. The van der Waals surface area contributed by atoms with Crippen molar-refractivity contribution in [1.82, 2.24) is 9.55 Å². The largest absolute Gasteiger partial charge is 0.372 e. The maximum Gasteiger partial charge on any atom is 0.354 e. The highest BCUT2D eigenvalue weighted by molar-refractivity contribution is 5.94. The van der Waals surface area contributed by atoms with E-state index in [-0.39, 0.29) is 5.69 Å². The highest BCUT2D eigenvalue weighted by Crippen LogP contribution is 2.46. The highest BCUT2D eigenvalue weighted by atomic mass is 16.1.